The van der Waals surface area contributed by atoms with E-state index >= 15 is 0 Å². The summed E-state index contributed by atoms with van der Waals surface area (Å²) >= 11 is 11.6. The van der Waals surface area contributed by atoms with Crippen LogP contribution in [0.3, 0.4) is 0 Å². The highest BCUT2D eigenvalue weighted by Crippen LogP contribution is 2.39. The molecule has 1 unspecified atom stereocenters. The fourth-order valence-electron chi connectivity index (χ4n) is 1.34. The van der Waals surface area contributed by atoms with Gasteiger partial charge < -0.3 is 10.2 Å². The number of aliphatic hydroxyl groups is 1. The SMILES string of the molecule is O=C(O)c1ccsc1C(O)c1cc(Br)c(Cl)s1. The fourth-order valence-corrected chi connectivity index (χ4v) is 4.03. The molecule has 0 saturated carbocycles. The lowest BCUT2D eigenvalue weighted by atomic mass is 10.1. The first-order chi connectivity index (χ1) is 8.00. The Morgan fingerprint density at radius 3 is 2.76 bits per heavy atom. The number of carboxylic acid groups (broad SMARTS) is 1. The van der Waals surface area contributed by atoms with Gasteiger partial charge in [0.05, 0.1) is 10.4 Å². The van der Waals surface area contributed by atoms with Crippen LogP contribution in [0.4, 0.5) is 0 Å². The fraction of sp³-hybridized carbons (Fsp3) is 0.100. The molecule has 0 aliphatic carbocycles. The molecule has 7 heteroatoms. The quantitative estimate of drug-likeness (QED) is 0.876. The minimum Gasteiger partial charge on any atom is -0.478 e. The molecule has 0 aliphatic heterocycles. The third-order valence-electron chi connectivity index (χ3n) is 2.11. The zero-order chi connectivity index (χ0) is 12.6. The van der Waals surface area contributed by atoms with Gasteiger partial charge in [-0.3, -0.25) is 0 Å². The molecule has 0 bridgehead atoms. The van der Waals surface area contributed by atoms with E-state index in [4.69, 9.17) is 16.7 Å². The Morgan fingerprint density at radius 1 is 1.53 bits per heavy atom. The van der Waals surface area contributed by atoms with Crippen LogP contribution < -0.4 is 0 Å². The number of aliphatic hydroxyl groups excluding tert-OH is 1. The van der Waals surface area contributed by atoms with Crippen molar-refractivity contribution in [1.82, 2.24) is 0 Å². The lowest BCUT2D eigenvalue weighted by Crippen LogP contribution is -2.03. The van der Waals surface area contributed by atoms with Gasteiger partial charge in [0, 0.05) is 9.35 Å². The van der Waals surface area contributed by atoms with Crippen LogP contribution in [-0.2, 0) is 0 Å². The van der Waals surface area contributed by atoms with Crippen LogP contribution in [0.1, 0.15) is 26.2 Å². The maximum atomic E-state index is 11.0. The van der Waals surface area contributed by atoms with Crippen LogP contribution in [-0.4, -0.2) is 16.2 Å². The molecule has 2 heterocycles. The minimum atomic E-state index is -1.04. The molecule has 0 fully saturated rings. The molecule has 0 saturated heterocycles. The number of carboxylic acids is 1. The Balaban J connectivity index is 2.40. The molecule has 0 spiro atoms. The van der Waals surface area contributed by atoms with Crippen LogP contribution in [0.2, 0.25) is 4.34 Å². The normalized spacial score (nSPS) is 12.6. The zero-order valence-electron chi connectivity index (χ0n) is 8.18. The highest BCUT2D eigenvalue weighted by atomic mass is 79.9. The molecular formula is C10H6BrClO3S2. The van der Waals surface area contributed by atoms with E-state index in [-0.39, 0.29) is 5.56 Å². The van der Waals surface area contributed by atoms with Gasteiger partial charge in [-0.2, -0.15) is 0 Å². The highest BCUT2D eigenvalue weighted by molar-refractivity contribution is 9.10. The number of rotatable bonds is 3. The van der Waals surface area contributed by atoms with Gasteiger partial charge in [-0.15, -0.1) is 22.7 Å². The summed E-state index contributed by atoms with van der Waals surface area (Å²) in [5, 5.41) is 20.7. The van der Waals surface area contributed by atoms with E-state index in [1.807, 2.05) is 0 Å². The van der Waals surface area contributed by atoms with Crippen molar-refractivity contribution in [2.75, 3.05) is 0 Å². The first kappa shape index (κ1) is 13.0. The molecule has 2 rings (SSSR count). The van der Waals surface area contributed by atoms with Crippen LogP contribution >= 0.6 is 50.2 Å². The average Bonchev–Trinajstić information content (AvgIpc) is 2.85. The van der Waals surface area contributed by atoms with Gasteiger partial charge in [-0.05, 0) is 33.4 Å². The molecule has 90 valence electrons. The van der Waals surface area contributed by atoms with Gasteiger partial charge in [0.1, 0.15) is 10.4 Å². The van der Waals surface area contributed by atoms with Crippen molar-refractivity contribution < 1.29 is 15.0 Å². The topological polar surface area (TPSA) is 57.5 Å². The monoisotopic (exact) mass is 352 g/mol. The van der Waals surface area contributed by atoms with Crippen molar-refractivity contribution in [2.24, 2.45) is 0 Å². The van der Waals surface area contributed by atoms with E-state index in [1.165, 1.54) is 28.7 Å². The van der Waals surface area contributed by atoms with E-state index < -0.39 is 12.1 Å². The van der Waals surface area contributed by atoms with Gasteiger partial charge in [-0.1, -0.05) is 11.6 Å². The highest BCUT2D eigenvalue weighted by Gasteiger charge is 2.22. The molecule has 17 heavy (non-hydrogen) atoms. The molecule has 0 radical (unpaired) electrons. The molecule has 2 aromatic rings. The second-order valence-electron chi connectivity index (χ2n) is 3.18. The van der Waals surface area contributed by atoms with Crippen molar-refractivity contribution in [1.29, 1.82) is 0 Å². The Bertz CT molecular complexity index is 544. The van der Waals surface area contributed by atoms with Gasteiger partial charge in [0.2, 0.25) is 0 Å². The molecule has 0 aliphatic rings. The van der Waals surface area contributed by atoms with E-state index in [1.54, 1.807) is 11.4 Å². The molecule has 0 aromatic carbocycles. The van der Waals surface area contributed by atoms with E-state index in [9.17, 15) is 9.90 Å². The van der Waals surface area contributed by atoms with Crippen LogP contribution in [0, 0.1) is 0 Å². The van der Waals surface area contributed by atoms with Crippen molar-refractivity contribution in [2.45, 2.75) is 6.10 Å². The Labute approximate surface area is 118 Å². The van der Waals surface area contributed by atoms with E-state index in [0.717, 1.165) is 0 Å². The second-order valence-corrected chi connectivity index (χ2v) is 6.66. The number of thiophene rings is 2. The van der Waals surface area contributed by atoms with E-state index in [0.29, 0.717) is 18.6 Å². The number of halogens is 2. The lowest BCUT2D eigenvalue weighted by molar-refractivity contribution is 0.0692. The summed E-state index contributed by atoms with van der Waals surface area (Å²) in [7, 11) is 0. The average molecular weight is 354 g/mol. The van der Waals surface area contributed by atoms with Crippen LogP contribution in [0.5, 0.6) is 0 Å². The summed E-state index contributed by atoms with van der Waals surface area (Å²) in [6.45, 7) is 0. The Morgan fingerprint density at radius 2 is 2.24 bits per heavy atom. The maximum absolute atomic E-state index is 11.0. The summed E-state index contributed by atoms with van der Waals surface area (Å²) < 4.78 is 1.24. The molecule has 2 aromatic heterocycles. The largest absolute Gasteiger partial charge is 0.478 e. The zero-order valence-corrected chi connectivity index (χ0v) is 12.2. The van der Waals surface area contributed by atoms with Gasteiger partial charge in [0.15, 0.2) is 0 Å². The first-order valence-electron chi connectivity index (χ1n) is 4.44. The number of hydrogen-bond acceptors (Lipinski definition) is 4. The maximum Gasteiger partial charge on any atom is 0.336 e. The van der Waals surface area contributed by atoms with Crippen LogP contribution in [0.25, 0.3) is 0 Å². The lowest BCUT2D eigenvalue weighted by Gasteiger charge is -2.07. The number of carbonyl (C=O) groups is 1. The summed E-state index contributed by atoms with van der Waals surface area (Å²) in [6.07, 6.45) is -0.949. The standard InChI is InChI=1S/C10H6BrClO3S2/c11-5-3-6(17-9(5)12)7(13)8-4(10(14)15)1-2-16-8/h1-3,7,13H,(H,14,15). The van der Waals surface area contributed by atoms with Crippen molar-refractivity contribution in [3.63, 3.8) is 0 Å². The van der Waals surface area contributed by atoms with Crippen molar-refractivity contribution >= 4 is 56.2 Å². The molecule has 2 N–H and O–H groups in total. The summed E-state index contributed by atoms with van der Waals surface area (Å²) in [4.78, 5) is 12.0. The minimum absolute atomic E-state index is 0.128. The predicted octanol–water partition coefficient (Wildman–Crippen LogP) is 4.01. The van der Waals surface area contributed by atoms with Gasteiger partial charge in [-0.25, -0.2) is 4.79 Å². The number of hydrogen-bond donors (Lipinski definition) is 2. The third-order valence-corrected chi connectivity index (χ3v) is 5.60. The Kier molecular flexibility index (Phi) is 3.89. The summed E-state index contributed by atoms with van der Waals surface area (Å²) in [6, 6.07) is 3.18. The smallest absolute Gasteiger partial charge is 0.336 e. The van der Waals surface area contributed by atoms with Gasteiger partial charge in [0.25, 0.3) is 0 Å². The summed E-state index contributed by atoms with van der Waals surface area (Å²) in [5.74, 6) is -1.04. The second kappa shape index (κ2) is 5.07. The third kappa shape index (κ3) is 2.56. The predicted molar refractivity (Wildman–Crippen MR) is 72.4 cm³/mol. The molecule has 3 nitrogen and oxygen atoms in total. The van der Waals surface area contributed by atoms with Crippen molar-refractivity contribution in [3.05, 3.63) is 41.6 Å². The molecular weight excluding hydrogens is 348 g/mol. The van der Waals surface area contributed by atoms with Gasteiger partial charge >= 0.3 is 5.97 Å². The van der Waals surface area contributed by atoms with Crippen LogP contribution in [0.15, 0.2) is 22.0 Å². The van der Waals surface area contributed by atoms with Crippen molar-refractivity contribution in [3.8, 4) is 0 Å². The number of aromatic carboxylic acids is 1. The Hall–Kier alpha value is -0.400. The first-order valence-corrected chi connectivity index (χ1v) is 7.31. The molecule has 0 amide bonds. The molecule has 1 atom stereocenters. The summed E-state index contributed by atoms with van der Waals surface area (Å²) in [5.41, 5.74) is 0.128. The van der Waals surface area contributed by atoms with E-state index in [2.05, 4.69) is 15.9 Å².